The van der Waals surface area contributed by atoms with E-state index in [4.69, 9.17) is 0 Å². The summed E-state index contributed by atoms with van der Waals surface area (Å²) in [5.41, 5.74) is -1.16. The van der Waals surface area contributed by atoms with Gasteiger partial charge < -0.3 is 5.11 Å². The molecule has 0 aromatic carbocycles. The first-order chi connectivity index (χ1) is 8.76. The minimum Gasteiger partial charge on any atom is -0.479 e. The molecule has 5 nitrogen and oxygen atoms in total. The second-order valence-corrected chi connectivity index (χ2v) is 4.80. The van der Waals surface area contributed by atoms with Gasteiger partial charge in [-0.15, -0.1) is 10.2 Å². The molecule has 1 aromatic heterocycles. The molecule has 1 aliphatic rings. The van der Waals surface area contributed by atoms with E-state index in [1.807, 2.05) is 0 Å². The van der Waals surface area contributed by atoms with Gasteiger partial charge in [-0.05, 0) is 26.2 Å². The summed E-state index contributed by atoms with van der Waals surface area (Å²) in [5.74, 6) is -0.592. The summed E-state index contributed by atoms with van der Waals surface area (Å²) in [7, 11) is 0. The first-order valence-corrected chi connectivity index (χ1v) is 5.98. The number of hydrogen-bond acceptors (Lipinski definition) is 3. The van der Waals surface area contributed by atoms with Gasteiger partial charge in [-0.2, -0.15) is 13.2 Å². The molecule has 0 radical (unpaired) electrons. The molecule has 1 aliphatic carbocycles. The predicted molar refractivity (Wildman–Crippen MR) is 58.6 cm³/mol. The van der Waals surface area contributed by atoms with Crippen molar-refractivity contribution in [3.8, 4) is 0 Å². The first-order valence-electron chi connectivity index (χ1n) is 5.98. The molecular formula is C11H14F3N3O2. The van der Waals surface area contributed by atoms with Crippen LogP contribution in [0.1, 0.15) is 37.3 Å². The summed E-state index contributed by atoms with van der Waals surface area (Å²) < 4.78 is 38.1. The summed E-state index contributed by atoms with van der Waals surface area (Å²) in [6.07, 6.45) is -4.12. The zero-order valence-corrected chi connectivity index (χ0v) is 10.4. The maximum absolute atomic E-state index is 12.3. The van der Waals surface area contributed by atoms with Crippen LogP contribution in [0.15, 0.2) is 0 Å². The Morgan fingerprint density at radius 1 is 1.42 bits per heavy atom. The highest BCUT2D eigenvalue weighted by Gasteiger charge is 2.48. The minimum atomic E-state index is -4.29. The third-order valence-electron chi connectivity index (χ3n) is 3.53. The van der Waals surface area contributed by atoms with E-state index in [1.54, 1.807) is 6.92 Å². The number of rotatable bonds is 4. The fraction of sp³-hybridized carbons (Fsp3) is 0.727. The van der Waals surface area contributed by atoms with E-state index in [2.05, 4.69) is 10.2 Å². The molecule has 106 valence electrons. The van der Waals surface area contributed by atoms with Crippen molar-refractivity contribution in [1.29, 1.82) is 0 Å². The van der Waals surface area contributed by atoms with Gasteiger partial charge in [-0.25, -0.2) is 4.79 Å². The molecule has 0 aliphatic heterocycles. The molecule has 0 unspecified atom stereocenters. The summed E-state index contributed by atoms with van der Waals surface area (Å²) in [5, 5.41) is 16.8. The van der Waals surface area contributed by atoms with E-state index in [0.29, 0.717) is 18.7 Å². The standard InChI is InChI=1S/C11H14F3N3O2/c1-7-15-16-8(3-6-11(12,13)14)17(7)10(9(18)19)4-2-5-10/h2-6H2,1H3,(H,18,19). The van der Waals surface area contributed by atoms with Crippen molar-refractivity contribution in [3.05, 3.63) is 11.6 Å². The third-order valence-corrected chi connectivity index (χ3v) is 3.53. The molecule has 1 saturated carbocycles. The molecule has 0 saturated heterocycles. The Morgan fingerprint density at radius 2 is 2.05 bits per heavy atom. The average Bonchev–Trinajstić information content (AvgIpc) is 2.55. The summed E-state index contributed by atoms with van der Waals surface area (Å²) in [4.78, 5) is 11.4. The fourth-order valence-electron chi connectivity index (χ4n) is 2.42. The van der Waals surface area contributed by atoms with Crippen molar-refractivity contribution in [2.24, 2.45) is 0 Å². The SMILES string of the molecule is Cc1nnc(CCC(F)(F)F)n1C1(C(=O)O)CCC1. The molecule has 0 atom stereocenters. The molecular weight excluding hydrogens is 263 g/mol. The summed E-state index contributed by atoms with van der Waals surface area (Å²) >= 11 is 0. The van der Waals surface area contributed by atoms with Gasteiger partial charge in [0.15, 0.2) is 0 Å². The van der Waals surface area contributed by atoms with Gasteiger partial charge in [0.25, 0.3) is 0 Å². The number of alkyl halides is 3. The topological polar surface area (TPSA) is 68.0 Å². The lowest BCUT2D eigenvalue weighted by Gasteiger charge is -2.40. The van der Waals surface area contributed by atoms with Crippen molar-refractivity contribution in [2.75, 3.05) is 0 Å². The van der Waals surface area contributed by atoms with E-state index in [0.717, 1.165) is 6.42 Å². The second kappa shape index (κ2) is 4.50. The summed E-state index contributed by atoms with van der Waals surface area (Å²) in [6, 6.07) is 0. The number of carboxylic acids is 1. The minimum absolute atomic E-state index is 0.0944. The highest BCUT2D eigenvalue weighted by Crippen LogP contribution is 2.41. The number of carboxylic acid groups (broad SMARTS) is 1. The molecule has 1 heterocycles. The van der Waals surface area contributed by atoms with Crippen LogP contribution in [-0.4, -0.2) is 32.0 Å². The number of aliphatic carboxylic acids is 1. The van der Waals surface area contributed by atoms with Crippen LogP contribution in [0, 0.1) is 6.92 Å². The van der Waals surface area contributed by atoms with Gasteiger partial charge in [-0.1, -0.05) is 0 Å². The van der Waals surface area contributed by atoms with Crippen molar-refractivity contribution in [3.63, 3.8) is 0 Å². The highest BCUT2D eigenvalue weighted by atomic mass is 19.4. The highest BCUT2D eigenvalue weighted by molar-refractivity contribution is 5.78. The average molecular weight is 277 g/mol. The van der Waals surface area contributed by atoms with Crippen LogP contribution in [0.3, 0.4) is 0 Å². The number of aryl methyl sites for hydroxylation is 2. The zero-order valence-electron chi connectivity index (χ0n) is 10.4. The number of carbonyl (C=O) groups is 1. The zero-order chi connectivity index (χ0) is 14.3. The Balaban J connectivity index is 2.30. The number of nitrogens with zero attached hydrogens (tertiary/aromatic N) is 3. The van der Waals surface area contributed by atoms with Crippen LogP contribution < -0.4 is 0 Å². The van der Waals surface area contributed by atoms with E-state index in [1.165, 1.54) is 4.57 Å². The van der Waals surface area contributed by atoms with E-state index in [9.17, 15) is 23.1 Å². The number of hydrogen-bond donors (Lipinski definition) is 1. The molecule has 8 heteroatoms. The van der Waals surface area contributed by atoms with Crippen molar-refractivity contribution >= 4 is 5.97 Å². The largest absolute Gasteiger partial charge is 0.479 e. The molecule has 0 amide bonds. The van der Waals surface area contributed by atoms with Crippen LogP contribution in [-0.2, 0) is 16.8 Å². The van der Waals surface area contributed by atoms with Crippen LogP contribution in [0.2, 0.25) is 0 Å². The first kappa shape index (κ1) is 13.8. The lowest BCUT2D eigenvalue weighted by Crippen LogP contribution is -2.49. The van der Waals surface area contributed by atoms with Gasteiger partial charge in [0.2, 0.25) is 0 Å². The normalized spacial score (nSPS) is 18.1. The monoisotopic (exact) mass is 277 g/mol. The number of halogens is 3. The van der Waals surface area contributed by atoms with Gasteiger partial charge in [0.1, 0.15) is 17.2 Å². The second-order valence-electron chi connectivity index (χ2n) is 4.80. The molecule has 1 aromatic rings. The third kappa shape index (κ3) is 2.43. The Hall–Kier alpha value is -1.60. The van der Waals surface area contributed by atoms with Crippen LogP contribution in [0.4, 0.5) is 13.2 Å². The van der Waals surface area contributed by atoms with Crippen molar-refractivity contribution in [1.82, 2.24) is 14.8 Å². The maximum Gasteiger partial charge on any atom is 0.389 e. The van der Waals surface area contributed by atoms with Gasteiger partial charge in [0, 0.05) is 6.42 Å². The van der Waals surface area contributed by atoms with Crippen LogP contribution in [0.5, 0.6) is 0 Å². The van der Waals surface area contributed by atoms with Gasteiger partial charge in [0.05, 0.1) is 6.42 Å². The summed E-state index contributed by atoms with van der Waals surface area (Å²) in [6.45, 7) is 1.56. The molecule has 1 N–H and O–H groups in total. The van der Waals surface area contributed by atoms with Crippen molar-refractivity contribution < 1.29 is 23.1 Å². The Morgan fingerprint density at radius 3 is 2.47 bits per heavy atom. The Labute approximate surface area is 107 Å². The Bertz CT molecular complexity index is 492. The van der Waals surface area contributed by atoms with Gasteiger partial charge >= 0.3 is 12.1 Å². The Kier molecular flexibility index (Phi) is 3.27. The lowest BCUT2D eigenvalue weighted by atomic mass is 9.76. The van der Waals surface area contributed by atoms with E-state index >= 15 is 0 Å². The van der Waals surface area contributed by atoms with E-state index < -0.39 is 24.1 Å². The van der Waals surface area contributed by atoms with Crippen LogP contribution >= 0.6 is 0 Å². The molecule has 1 fully saturated rings. The predicted octanol–water partition coefficient (Wildman–Crippen LogP) is 2.05. The van der Waals surface area contributed by atoms with Crippen LogP contribution in [0.25, 0.3) is 0 Å². The smallest absolute Gasteiger partial charge is 0.389 e. The van der Waals surface area contributed by atoms with Gasteiger partial charge in [-0.3, -0.25) is 4.57 Å². The fourth-order valence-corrected chi connectivity index (χ4v) is 2.42. The lowest BCUT2D eigenvalue weighted by molar-refractivity contribution is -0.152. The van der Waals surface area contributed by atoms with Crippen molar-refractivity contribution in [2.45, 2.75) is 50.7 Å². The molecule has 2 rings (SSSR count). The van der Waals surface area contributed by atoms with E-state index in [-0.39, 0.29) is 12.2 Å². The maximum atomic E-state index is 12.3. The number of aromatic nitrogens is 3. The molecule has 0 bridgehead atoms. The molecule has 19 heavy (non-hydrogen) atoms. The molecule has 0 spiro atoms. The quantitative estimate of drug-likeness (QED) is 0.914.